The number of aldehydes is 1. The van der Waals surface area contributed by atoms with Crippen molar-refractivity contribution in [3.05, 3.63) is 75.8 Å². The summed E-state index contributed by atoms with van der Waals surface area (Å²) in [6.07, 6.45) is -0.0258. The van der Waals surface area contributed by atoms with Gasteiger partial charge in [0.15, 0.2) is 11.9 Å². The van der Waals surface area contributed by atoms with Crippen LogP contribution >= 0.6 is 0 Å². The fourth-order valence-corrected chi connectivity index (χ4v) is 2.28. The Kier molecular flexibility index (Phi) is 4.20. The Morgan fingerprint density at radius 1 is 1.17 bits per heavy atom. The molecule has 3 rings (SSSR count). The second kappa shape index (κ2) is 6.45. The van der Waals surface area contributed by atoms with E-state index in [4.69, 9.17) is 4.74 Å². The molecule has 120 valence electrons. The third-order valence-corrected chi connectivity index (χ3v) is 3.58. The molecular formula is C18H14N2O4. The first-order chi connectivity index (χ1) is 11.6. The highest BCUT2D eigenvalue weighted by molar-refractivity contribution is 5.90. The van der Waals surface area contributed by atoms with Crippen molar-refractivity contribution in [2.45, 2.75) is 13.0 Å². The van der Waals surface area contributed by atoms with Crippen LogP contribution in [0.25, 0.3) is 10.9 Å². The van der Waals surface area contributed by atoms with Gasteiger partial charge in [-0.3, -0.25) is 9.59 Å². The van der Waals surface area contributed by atoms with E-state index in [0.29, 0.717) is 28.3 Å². The standard InChI is InChI=1S/C18H14N2O4/c1-11(24-18(23)13-8-6-12(10-21)7-9-13)16-19-15-5-3-2-4-14(15)17(22)20-16/h2-11H,1H3,(H,19,20,22)/t11-/m1/s1. The fourth-order valence-electron chi connectivity index (χ4n) is 2.28. The van der Waals surface area contributed by atoms with Gasteiger partial charge >= 0.3 is 5.97 Å². The van der Waals surface area contributed by atoms with E-state index in [9.17, 15) is 14.4 Å². The number of carbonyl (C=O) groups is 2. The summed E-state index contributed by atoms with van der Waals surface area (Å²) in [7, 11) is 0. The first-order valence-corrected chi connectivity index (χ1v) is 7.33. The largest absolute Gasteiger partial charge is 0.451 e. The Labute approximate surface area is 137 Å². The van der Waals surface area contributed by atoms with Crippen LogP contribution in [0.15, 0.2) is 53.3 Å². The summed E-state index contributed by atoms with van der Waals surface area (Å²) < 4.78 is 5.34. The first kappa shape index (κ1) is 15.6. The van der Waals surface area contributed by atoms with Gasteiger partial charge in [0, 0.05) is 5.56 Å². The molecule has 2 aromatic carbocycles. The summed E-state index contributed by atoms with van der Waals surface area (Å²) in [5, 5.41) is 0.476. The second-order valence-corrected chi connectivity index (χ2v) is 5.26. The number of aromatic nitrogens is 2. The number of benzene rings is 2. The molecule has 6 heteroatoms. The van der Waals surface area contributed by atoms with Gasteiger partial charge in [-0.1, -0.05) is 24.3 Å². The predicted octanol–water partition coefficient (Wildman–Crippen LogP) is 2.65. The van der Waals surface area contributed by atoms with E-state index >= 15 is 0 Å². The monoisotopic (exact) mass is 322 g/mol. The van der Waals surface area contributed by atoms with Crippen molar-refractivity contribution in [2.24, 2.45) is 0 Å². The summed E-state index contributed by atoms with van der Waals surface area (Å²) >= 11 is 0. The van der Waals surface area contributed by atoms with Gasteiger partial charge in [0.25, 0.3) is 5.56 Å². The topological polar surface area (TPSA) is 89.1 Å². The molecule has 1 aromatic heterocycles. The van der Waals surface area contributed by atoms with Crippen LogP contribution in [0.1, 0.15) is 39.6 Å². The van der Waals surface area contributed by atoms with Gasteiger partial charge in [-0.25, -0.2) is 9.78 Å². The lowest BCUT2D eigenvalue weighted by Gasteiger charge is -2.13. The Bertz CT molecular complexity index is 961. The van der Waals surface area contributed by atoms with Crippen LogP contribution in [0.3, 0.4) is 0 Å². The average molecular weight is 322 g/mol. The summed E-state index contributed by atoms with van der Waals surface area (Å²) in [5.74, 6) is -0.285. The molecule has 0 radical (unpaired) electrons. The highest BCUT2D eigenvalue weighted by Gasteiger charge is 2.16. The van der Waals surface area contributed by atoms with E-state index in [1.807, 2.05) is 0 Å². The lowest BCUT2D eigenvalue weighted by atomic mass is 10.1. The van der Waals surface area contributed by atoms with Gasteiger partial charge < -0.3 is 9.72 Å². The Morgan fingerprint density at radius 3 is 2.58 bits per heavy atom. The molecule has 0 unspecified atom stereocenters. The maximum Gasteiger partial charge on any atom is 0.338 e. The number of rotatable bonds is 4. The molecule has 0 aliphatic heterocycles. The molecule has 24 heavy (non-hydrogen) atoms. The van der Waals surface area contributed by atoms with Crippen LogP contribution in [-0.4, -0.2) is 22.2 Å². The Balaban J connectivity index is 1.83. The quantitative estimate of drug-likeness (QED) is 0.589. The maximum atomic E-state index is 12.1. The zero-order valence-corrected chi connectivity index (χ0v) is 12.9. The molecule has 3 aromatic rings. The van der Waals surface area contributed by atoms with Gasteiger partial charge in [0.1, 0.15) is 6.29 Å². The van der Waals surface area contributed by atoms with Crippen LogP contribution in [0.2, 0.25) is 0 Å². The summed E-state index contributed by atoms with van der Waals surface area (Å²) in [4.78, 5) is 41.8. The first-order valence-electron chi connectivity index (χ1n) is 7.33. The van der Waals surface area contributed by atoms with Crippen LogP contribution in [0.4, 0.5) is 0 Å². The smallest absolute Gasteiger partial charge is 0.338 e. The highest BCUT2D eigenvalue weighted by Crippen LogP contribution is 2.16. The second-order valence-electron chi connectivity index (χ2n) is 5.26. The van der Waals surface area contributed by atoms with Crippen molar-refractivity contribution in [1.82, 2.24) is 9.97 Å². The van der Waals surface area contributed by atoms with Crippen molar-refractivity contribution < 1.29 is 14.3 Å². The maximum absolute atomic E-state index is 12.1. The van der Waals surface area contributed by atoms with Gasteiger partial charge in [-0.15, -0.1) is 0 Å². The van der Waals surface area contributed by atoms with E-state index in [0.717, 1.165) is 0 Å². The molecule has 0 saturated heterocycles. The SMILES string of the molecule is C[C@@H](OC(=O)c1ccc(C=O)cc1)c1nc2ccccc2c(=O)[nH]1. The van der Waals surface area contributed by atoms with Crippen molar-refractivity contribution in [3.8, 4) is 0 Å². The van der Waals surface area contributed by atoms with Crippen LogP contribution in [0.5, 0.6) is 0 Å². The third kappa shape index (κ3) is 3.08. The summed E-state index contributed by atoms with van der Waals surface area (Å²) in [5.41, 5.74) is 1.04. The minimum absolute atomic E-state index is 0.275. The molecule has 0 aliphatic carbocycles. The lowest BCUT2D eigenvalue weighted by Crippen LogP contribution is -2.17. The normalized spacial score (nSPS) is 11.9. The zero-order chi connectivity index (χ0) is 17.1. The summed E-state index contributed by atoms with van der Waals surface area (Å²) in [6.45, 7) is 1.63. The van der Waals surface area contributed by atoms with Crippen molar-refractivity contribution in [2.75, 3.05) is 0 Å². The van der Waals surface area contributed by atoms with Crippen LogP contribution in [0, 0.1) is 0 Å². The number of nitrogens with one attached hydrogen (secondary N) is 1. The van der Waals surface area contributed by atoms with Gasteiger partial charge in [-0.05, 0) is 31.2 Å². The molecule has 1 N–H and O–H groups in total. The predicted molar refractivity (Wildman–Crippen MR) is 88.0 cm³/mol. The van der Waals surface area contributed by atoms with E-state index in [1.165, 1.54) is 24.3 Å². The van der Waals surface area contributed by atoms with E-state index in [-0.39, 0.29) is 11.4 Å². The lowest BCUT2D eigenvalue weighted by molar-refractivity contribution is 0.0320. The number of carbonyl (C=O) groups excluding carboxylic acids is 2. The Hall–Kier alpha value is -3.28. The van der Waals surface area contributed by atoms with Gasteiger partial charge in [0.05, 0.1) is 16.5 Å². The van der Waals surface area contributed by atoms with Gasteiger partial charge in [-0.2, -0.15) is 0 Å². The number of H-pyrrole nitrogens is 1. The average Bonchev–Trinajstić information content (AvgIpc) is 2.61. The number of fused-ring (bicyclic) bond motifs is 1. The van der Waals surface area contributed by atoms with Crippen LogP contribution in [-0.2, 0) is 4.74 Å². The van der Waals surface area contributed by atoms with E-state index < -0.39 is 12.1 Å². The minimum Gasteiger partial charge on any atom is -0.451 e. The Morgan fingerprint density at radius 2 is 1.88 bits per heavy atom. The van der Waals surface area contributed by atoms with E-state index in [1.54, 1.807) is 31.2 Å². The number of para-hydroxylation sites is 1. The van der Waals surface area contributed by atoms with Crippen LogP contribution < -0.4 is 5.56 Å². The molecule has 0 aliphatic rings. The molecule has 0 bridgehead atoms. The molecule has 0 spiro atoms. The molecular weight excluding hydrogens is 308 g/mol. The molecule has 0 saturated carbocycles. The van der Waals surface area contributed by atoms with Crippen molar-refractivity contribution in [1.29, 1.82) is 0 Å². The molecule has 1 atom stereocenters. The number of hydrogen-bond donors (Lipinski definition) is 1. The molecule has 0 fully saturated rings. The summed E-state index contributed by atoms with van der Waals surface area (Å²) in [6, 6.07) is 13.0. The third-order valence-electron chi connectivity index (χ3n) is 3.58. The van der Waals surface area contributed by atoms with E-state index in [2.05, 4.69) is 9.97 Å². The number of nitrogens with zero attached hydrogens (tertiary/aromatic N) is 1. The number of esters is 1. The highest BCUT2D eigenvalue weighted by atomic mass is 16.5. The fraction of sp³-hybridized carbons (Fsp3) is 0.111. The van der Waals surface area contributed by atoms with Crippen molar-refractivity contribution in [3.63, 3.8) is 0 Å². The number of hydrogen-bond acceptors (Lipinski definition) is 5. The molecule has 6 nitrogen and oxygen atoms in total. The molecule has 0 amide bonds. The zero-order valence-electron chi connectivity index (χ0n) is 12.9. The minimum atomic E-state index is -0.722. The van der Waals surface area contributed by atoms with Gasteiger partial charge in [0.2, 0.25) is 0 Å². The van der Waals surface area contributed by atoms with Crippen molar-refractivity contribution >= 4 is 23.2 Å². The number of ether oxygens (including phenoxy) is 1. The molecule has 1 heterocycles. The number of aromatic amines is 1.